The Bertz CT molecular complexity index is 610. The summed E-state index contributed by atoms with van der Waals surface area (Å²) in [5, 5.41) is 3.08. The molecule has 2 fully saturated rings. The van der Waals surface area contributed by atoms with E-state index in [1.807, 2.05) is 37.8 Å². The summed E-state index contributed by atoms with van der Waals surface area (Å²) < 4.78 is 0. The fourth-order valence-electron chi connectivity index (χ4n) is 3.97. The summed E-state index contributed by atoms with van der Waals surface area (Å²) in [6.45, 7) is 7.60. The minimum Gasteiger partial charge on any atom is -0.343 e. The lowest BCUT2D eigenvalue weighted by Gasteiger charge is -2.32. The van der Waals surface area contributed by atoms with E-state index in [4.69, 9.17) is 0 Å². The monoisotopic (exact) mass is 314 g/mol. The quantitative estimate of drug-likeness (QED) is 0.931. The molecule has 124 valence electrons. The van der Waals surface area contributed by atoms with E-state index < -0.39 is 0 Å². The van der Waals surface area contributed by atoms with E-state index in [1.165, 1.54) is 0 Å². The Morgan fingerprint density at radius 3 is 2.35 bits per heavy atom. The van der Waals surface area contributed by atoms with Gasteiger partial charge in [0, 0.05) is 31.1 Å². The highest BCUT2D eigenvalue weighted by Crippen LogP contribution is 2.59. The lowest BCUT2D eigenvalue weighted by Crippen LogP contribution is -2.39. The third-order valence-corrected chi connectivity index (χ3v) is 5.41. The standard InChI is InChI=1S/C19H26N2O2/c1-4-17(22)21-7-5-19(6-8-21)12-16(19)18(23)20-15-10-13(2)9-14(3)11-15/h9-11,16H,4-8,12H2,1-3H3,(H,20,23)/t16-/m1/s1. The minimum atomic E-state index is 0.113. The van der Waals surface area contributed by atoms with Gasteiger partial charge in [0.05, 0.1) is 0 Å². The predicted molar refractivity (Wildman–Crippen MR) is 91.2 cm³/mol. The molecule has 1 heterocycles. The Hall–Kier alpha value is -1.84. The zero-order valence-corrected chi connectivity index (χ0v) is 14.3. The van der Waals surface area contributed by atoms with Crippen molar-refractivity contribution >= 4 is 17.5 Å². The van der Waals surface area contributed by atoms with E-state index in [0.717, 1.165) is 49.2 Å². The van der Waals surface area contributed by atoms with Gasteiger partial charge in [0.1, 0.15) is 0 Å². The molecule has 1 aromatic carbocycles. The predicted octanol–water partition coefficient (Wildman–Crippen LogP) is 3.28. The number of rotatable bonds is 3. The molecule has 0 unspecified atom stereocenters. The Morgan fingerprint density at radius 1 is 1.17 bits per heavy atom. The van der Waals surface area contributed by atoms with Crippen LogP contribution in [0.2, 0.25) is 0 Å². The van der Waals surface area contributed by atoms with Gasteiger partial charge >= 0.3 is 0 Å². The fourth-order valence-corrected chi connectivity index (χ4v) is 3.97. The number of carbonyl (C=O) groups excluding carboxylic acids is 2. The second kappa shape index (κ2) is 5.99. The molecule has 1 N–H and O–H groups in total. The van der Waals surface area contributed by atoms with Crippen LogP contribution >= 0.6 is 0 Å². The van der Waals surface area contributed by atoms with E-state index in [-0.39, 0.29) is 23.1 Å². The lowest BCUT2D eigenvalue weighted by atomic mass is 9.90. The molecule has 2 amide bonds. The largest absolute Gasteiger partial charge is 0.343 e. The molecule has 0 bridgehead atoms. The van der Waals surface area contributed by atoms with E-state index in [9.17, 15) is 9.59 Å². The summed E-state index contributed by atoms with van der Waals surface area (Å²) in [6.07, 6.45) is 3.47. The number of benzene rings is 1. The molecule has 1 aromatic rings. The van der Waals surface area contributed by atoms with Crippen LogP contribution < -0.4 is 5.32 Å². The SMILES string of the molecule is CCC(=O)N1CCC2(CC1)C[C@@H]2C(=O)Nc1cc(C)cc(C)c1. The second-order valence-corrected chi connectivity index (χ2v) is 7.22. The van der Waals surface area contributed by atoms with Crippen molar-refractivity contribution in [1.29, 1.82) is 0 Å². The molecule has 0 aromatic heterocycles. The van der Waals surface area contributed by atoms with Crippen LogP contribution in [0.4, 0.5) is 5.69 Å². The summed E-state index contributed by atoms with van der Waals surface area (Å²) >= 11 is 0. The topological polar surface area (TPSA) is 49.4 Å². The van der Waals surface area contributed by atoms with Gasteiger partial charge in [0.15, 0.2) is 0 Å². The smallest absolute Gasteiger partial charge is 0.228 e. The molecule has 1 aliphatic heterocycles. The minimum absolute atomic E-state index is 0.113. The summed E-state index contributed by atoms with van der Waals surface area (Å²) in [6, 6.07) is 6.14. The molecule has 3 rings (SSSR count). The van der Waals surface area contributed by atoms with E-state index in [1.54, 1.807) is 0 Å². The molecule has 2 aliphatic rings. The van der Waals surface area contributed by atoms with Crippen molar-refractivity contribution in [2.45, 2.75) is 46.5 Å². The van der Waals surface area contributed by atoms with Crippen molar-refractivity contribution in [2.24, 2.45) is 11.3 Å². The highest BCUT2D eigenvalue weighted by Gasteiger charge is 2.58. The van der Waals surface area contributed by atoms with Crippen LogP contribution in [0.3, 0.4) is 0 Å². The second-order valence-electron chi connectivity index (χ2n) is 7.22. The number of amides is 2. The summed E-state index contributed by atoms with van der Waals surface area (Å²) in [7, 11) is 0. The molecule has 4 heteroatoms. The Balaban J connectivity index is 1.58. The molecule has 23 heavy (non-hydrogen) atoms. The van der Waals surface area contributed by atoms with Crippen LogP contribution in [0.15, 0.2) is 18.2 Å². The molecule has 1 saturated heterocycles. The molecular formula is C19H26N2O2. The molecule has 4 nitrogen and oxygen atoms in total. The molecule has 1 atom stereocenters. The third-order valence-electron chi connectivity index (χ3n) is 5.41. The molecule has 0 radical (unpaired) electrons. The Kier molecular flexibility index (Phi) is 4.17. The Labute approximate surface area is 138 Å². The van der Waals surface area contributed by atoms with E-state index in [2.05, 4.69) is 11.4 Å². The third kappa shape index (κ3) is 3.26. The number of nitrogens with one attached hydrogen (secondary N) is 1. The van der Waals surface area contributed by atoms with Gasteiger partial charge in [-0.15, -0.1) is 0 Å². The van der Waals surface area contributed by atoms with E-state index >= 15 is 0 Å². The summed E-state index contributed by atoms with van der Waals surface area (Å²) in [5.41, 5.74) is 3.37. The van der Waals surface area contributed by atoms with Crippen molar-refractivity contribution < 1.29 is 9.59 Å². The maximum atomic E-state index is 12.6. The fraction of sp³-hybridized carbons (Fsp3) is 0.579. The average Bonchev–Trinajstić information content (AvgIpc) is 3.20. The van der Waals surface area contributed by atoms with Gasteiger partial charge in [0.25, 0.3) is 0 Å². The van der Waals surface area contributed by atoms with Crippen molar-refractivity contribution in [3.63, 3.8) is 0 Å². The molecular weight excluding hydrogens is 288 g/mol. The van der Waals surface area contributed by atoms with Gasteiger partial charge in [-0.1, -0.05) is 13.0 Å². The van der Waals surface area contributed by atoms with Crippen LogP contribution in [0.5, 0.6) is 0 Å². The summed E-state index contributed by atoms with van der Waals surface area (Å²) in [5.74, 6) is 0.490. The van der Waals surface area contributed by atoms with Gasteiger partial charge in [-0.3, -0.25) is 9.59 Å². The lowest BCUT2D eigenvalue weighted by molar-refractivity contribution is -0.132. The molecule has 1 saturated carbocycles. The zero-order chi connectivity index (χ0) is 16.6. The van der Waals surface area contributed by atoms with E-state index in [0.29, 0.717) is 6.42 Å². The number of likely N-dealkylation sites (tertiary alicyclic amines) is 1. The van der Waals surface area contributed by atoms with Crippen LogP contribution in [0.1, 0.15) is 43.7 Å². The van der Waals surface area contributed by atoms with Crippen LogP contribution in [0, 0.1) is 25.2 Å². The number of carbonyl (C=O) groups is 2. The number of hydrogen-bond acceptors (Lipinski definition) is 2. The normalized spacial score (nSPS) is 22.0. The Morgan fingerprint density at radius 2 is 1.78 bits per heavy atom. The number of piperidine rings is 1. The first-order valence-electron chi connectivity index (χ1n) is 8.60. The average molecular weight is 314 g/mol. The molecule has 1 aliphatic carbocycles. The van der Waals surface area contributed by atoms with Gasteiger partial charge in [-0.25, -0.2) is 0 Å². The maximum absolute atomic E-state index is 12.6. The van der Waals surface area contributed by atoms with Gasteiger partial charge < -0.3 is 10.2 Å². The van der Waals surface area contributed by atoms with Crippen LogP contribution in [0.25, 0.3) is 0 Å². The van der Waals surface area contributed by atoms with Gasteiger partial charge in [-0.05, 0) is 61.8 Å². The zero-order valence-electron chi connectivity index (χ0n) is 14.3. The maximum Gasteiger partial charge on any atom is 0.228 e. The van der Waals surface area contributed by atoms with Crippen molar-refractivity contribution in [2.75, 3.05) is 18.4 Å². The van der Waals surface area contributed by atoms with Crippen molar-refractivity contribution in [3.8, 4) is 0 Å². The highest BCUT2D eigenvalue weighted by molar-refractivity contribution is 5.95. The number of anilines is 1. The van der Waals surface area contributed by atoms with Gasteiger partial charge in [0.2, 0.25) is 11.8 Å². The highest BCUT2D eigenvalue weighted by atomic mass is 16.2. The van der Waals surface area contributed by atoms with Crippen LogP contribution in [-0.4, -0.2) is 29.8 Å². The first kappa shape index (κ1) is 16.0. The molecule has 1 spiro atoms. The van der Waals surface area contributed by atoms with Crippen LogP contribution in [-0.2, 0) is 9.59 Å². The van der Waals surface area contributed by atoms with Crippen molar-refractivity contribution in [3.05, 3.63) is 29.3 Å². The number of aryl methyl sites for hydroxylation is 2. The number of nitrogens with zero attached hydrogens (tertiary/aromatic N) is 1. The van der Waals surface area contributed by atoms with Gasteiger partial charge in [-0.2, -0.15) is 0 Å². The first-order chi connectivity index (χ1) is 10.9. The van der Waals surface area contributed by atoms with Crippen molar-refractivity contribution in [1.82, 2.24) is 4.90 Å². The number of hydrogen-bond donors (Lipinski definition) is 1. The summed E-state index contributed by atoms with van der Waals surface area (Å²) in [4.78, 5) is 26.3. The first-order valence-corrected chi connectivity index (χ1v) is 8.60.